The van der Waals surface area contributed by atoms with Gasteiger partial charge in [-0.25, -0.2) is 0 Å². The summed E-state index contributed by atoms with van der Waals surface area (Å²) in [6.07, 6.45) is 4.29. The second kappa shape index (κ2) is 7.36. The van der Waals surface area contributed by atoms with Crippen molar-refractivity contribution in [1.82, 2.24) is 4.57 Å². The summed E-state index contributed by atoms with van der Waals surface area (Å²) in [4.78, 5) is 0. The van der Waals surface area contributed by atoms with E-state index < -0.39 is 0 Å². The summed E-state index contributed by atoms with van der Waals surface area (Å²) < 4.78 is 2.34. The molecule has 1 heteroatoms. The van der Waals surface area contributed by atoms with E-state index in [1.54, 1.807) is 0 Å². The van der Waals surface area contributed by atoms with Gasteiger partial charge in [0.15, 0.2) is 0 Å². The molecule has 0 unspecified atom stereocenters. The lowest BCUT2D eigenvalue weighted by molar-refractivity contribution is 1.18. The number of para-hydroxylation sites is 2. The molecule has 138 valence electrons. The van der Waals surface area contributed by atoms with E-state index >= 15 is 0 Å². The average Bonchev–Trinajstić information content (AvgIpc) is 3.05. The van der Waals surface area contributed by atoms with Gasteiger partial charge in [0.2, 0.25) is 0 Å². The van der Waals surface area contributed by atoms with Crippen molar-refractivity contribution in [2.45, 2.75) is 20.8 Å². The van der Waals surface area contributed by atoms with Gasteiger partial charge in [-0.05, 0) is 61.7 Å². The molecule has 3 aromatic carbocycles. The van der Waals surface area contributed by atoms with Crippen LogP contribution in [0, 0.1) is 0 Å². The zero-order chi connectivity index (χ0) is 19.7. The van der Waals surface area contributed by atoms with Crippen LogP contribution >= 0.6 is 0 Å². The molecule has 0 aliphatic carbocycles. The second-order valence-corrected chi connectivity index (χ2v) is 7.49. The number of rotatable bonds is 4. The fourth-order valence-electron chi connectivity index (χ4n) is 3.63. The Balaban J connectivity index is 1.95. The summed E-state index contributed by atoms with van der Waals surface area (Å²) in [6.45, 7) is 10.7. The molecule has 0 fully saturated rings. The molecular weight excluding hydrogens is 338 g/mol. The molecule has 1 aromatic heterocycles. The molecule has 0 aliphatic rings. The van der Waals surface area contributed by atoms with Crippen LogP contribution in [-0.2, 0) is 0 Å². The molecule has 0 radical (unpaired) electrons. The molecule has 1 heterocycles. The van der Waals surface area contributed by atoms with E-state index in [1.807, 2.05) is 0 Å². The van der Waals surface area contributed by atoms with Gasteiger partial charge in [-0.2, -0.15) is 0 Å². The van der Waals surface area contributed by atoms with Gasteiger partial charge < -0.3 is 4.57 Å². The molecule has 4 aromatic rings. The van der Waals surface area contributed by atoms with Crippen LogP contribution in [0.25, 0.3) is 33.1 Å². The zero-order valence-corrected chi connectivity index (χ0v) is 16.7. The zero-order valence-electron chi connectivity index (χ0n) is 16.7. The maximum Gasteiger partial charge on any atom is 0.0547 e. The molecule has 4 rings (SSSR count). The maximum absolute atomic E-state index is 4.36. The minimum absolute atomic E-state index is 1.06. The van der Waals surface area contributed by atoms with Crippen LogP contribution < -0.4 is 0 Å². The molecule has 0 N–H and O–H groups in total. The van der Waals surface area contributed by atoms with E-state index in [4.69, 9.17) is 0 Å². The summed E-state index contributed by atoms with van der Waals surface area (Å²) in [5, 5.41) is 2.54. The topological polar surface area (TPSA) is 4.93 Å². The van der Waals surface area contributed by atoms with E-state index in [-0.39, 0.29) is 0 Å². The summed E-state index contributed by atoms with van der Waals surface area (Å²) in [5.74, 6) is 0. The number of nitrogens with zero attached hydrogens (tertiary/aromatic N) is 1. The van der Waals surface area contributed by atoms with Gasteiger partial charge in [0, 0.05) is 16.5 Å². The van der Waals surface area contributed by atoms with E-state index in [2.05, 4.69) is 117 Å². The quantitative estimate of drug-likeness (QED) is 0.327. The van der Waals surface area contributed by atoms with Crippen molar-refractivity contribution in [1.29, 1.82) is 0 Å². The number of fused-ring (bicyclic) bond motifs is 3. The highest BCUT2D eigenvalue weighted by Crippen LogP contribution is 2.34. The number of benzene rings is 3. The predicted molar refractivity (Wildman–Crippen MR) is 123 cm³/mol. The number of aromatic nitrogens is 1. The Kier molecular flexibility index (Phi) is 4.75. The normalized spacial score (nSPS) is 11.8. The minimum Gasteiger partial charge on any atom is -0.309 e. The summed E-state index contributed by atoms with van der Waals surface area (Å²) >= 11 is 0. The molecule has 0 saturated carbocycles. The van der Waals surface area contributed by atoms with Crippen LogP contribution in [0.5, 0.6) is 0 Å². The van der Waals surface area contributed by atoms with Crippen LogP contribution in [-0.4, -0.2) is 4.57 Å². The lowest BCUT2D eigenvalue weighted by Gasteiger charge is -2.10. The monoisotopic (exact) mass is 363 g/mol. The third-order valence-electron chi connectivity index (χ3n) is 5.18. The summed E-state index contributed by atoms with van der Waals surface area (Å²) in [5.41, 5.74) is 8.29. The Morgan fingerprint density at radius 3 is 2.18 bits per heavy atom. The Labute approximate surface area is 166 Å². The average molecular weight is 364 g/mol. The van der Waals surface area contributed by atoms with Gasteiger partial charge in [-0.15, -0.1) is 0 Å². The van der Waals surface area contributed by atoms with Crippen molar-refractivity contribution >= 4 is 27.4 Å². The number of hydrogen-bond acceptors (Lipinski definition) is 0. The highest BCUT2D eigenvalue weighted by molar-refractivity contribution is 6.10. The summed E-state index contributed by atoms with van der Waals surface area (Å²) in [6, 6.07) is 25.8. The van der Waals surface area contributed by atoms with E-state index in [9.17, 15) is 0 Å². The minimum atomic E-state index is 1.06. The lowest BCUT2D eigenvalue weighted by Crippen LogP contribution is -1.94. The highest BCUT2D eigenvalue weighted by Gasteiger charge is 2.13. The van der Waals surface area contributed by atoms with Gasteiger partial charge in [-0.3, -0.25) is 0 Å². The molecule has 0 atom stereocenters. The molecule has 0 saturated heterocycles. The van der Waals surface area contributed by atoms with Crippen LogP contribution in [0.1, 0.15) is 26.3 Å². The molecule has 0 bridgehead atoms. The van der Waals surface area contributed by atoms with Gasteiger partial charge in [0.25, 0.3) is 0 Å². The molecule has 0 aliphatic heterocycles. The second-order valence-electron chi connectivity index (χ2n) is 7.49. The van der Waals surface area contributed by atoms with Crippen LogP contribution in [0.3, 0.4) is 0 Å². The maximum atomic E-state index is 4.36. The third-order valence-corrected chi connectivity index (χ3v) is 5.18. The molecule has 28 heavy (non-hydrogen) atoms. The van der Waals surface area contributed by atoms with Crippen molar-refractivity contribution in [3.63, 3.8) is 0 Å². The standard InChI is InChI=1S/C27H25N/c1-19(2)14-15-20(3)21(4)22-16-17-25-24-12-8-9-13-26(24)28(27(25)18-22)23-10-6-5-7-11-23/h5-18H,4H2,1-3H3/b20-15-. The van der Waals surface area contributed by atoms with E-state index in [0.29, 0.717) is 0 Å². The molecule has 0 amide bonds. The smallest absolute Gasteiger partial charge is 0.0547 e. The van der Waals surface area contributed by atoms with Gasteiger partial charge in [-0.1, -0.05) is 72.8 Å². The third kappa shape index (κ3) is 3.20. The van der Waals surface area contributed by atoms with Crippen LogP contribution in [0.15, 0.2) is 103 Å². The van der Waals surface area contributed by atoms with Gasteiger partial charge in [0.05, 0.1) is 11.0 Å². The first kappa shape index (κ1) is 18.1. The van der Waals surface area contributed by atoms with Gasteiger partial charge >= 0.3 is 0 Å². The Morgan fingerprint density at radius 2 is 1.43 bits per heavy atom. The number of hydrogen-bond donors (Lipinski definition) is 0. The van der Waals surface area contributed by atoms with Crippen molar-refractivity contribution in [2.24, 2.45) is 0 Å². The van der Waals surface area contributed by atoms with Crippen molar-refractivity contribution in [3.05, 3.63) is 108 Å². The Hall–Kier alpha value is -3.32. The van der Waals surface area contributed by atoms with Crippen LogP contribution in [0.4, 0.5) is 0 Å². The fourth-order valence-corrected chi connectivity index (χ4v) is 3.63. The van der Waals surface area contributed by atoms with E-state index in [0.717, 1.165) is 11.1 Å². The van der Waals surface area contributed by atoms with Crippen molar-refractivity contribution in [3.8, 4) is 5.69 Å². The lowest BCUT2D eigenvalue weighted by atomic mass is 9.98. The molecule has 0 spiro atoms. The van der Waals surface area contributed by atoms with Crippen molar-refractivity contribution < 1.29 is 0 Å². The first-order valence-corrected chi connectivity index (χ1v) is 9.66. The SMILES string of the molecule is C=C(/C(C)=C\C=C(C)C)c1ccc2c3ccccc3n(-c3ccccc3)c2c1. The first-order valence-electron chi connectivity index (χ1n) is 9.66. The number of allylic oxidation sites excluding steroid dienone is 5. The Morgan fingerprint density at radius 1 is 0.750 bits per heavy atom. The highest BCUT2D eigenvalue weighted by atomic mass is 15.0. The first-order chi connectivity index (χ1) is 13.6. The molecule has 1 nitrogen and oxygen atoms in total. The molecular formula is C27H25N. The fraction of sp³-hybridized carbons (Fsp3) is 0.111. The van der Waals surface area contributed by atoms with Gasteiger partial charge in [0.1, 0.15) is 0 Å². The predicted octanol–water partition coefficient (Wildman–Crippen LogP) is 7.71. The Bertz CT molecular complexity index is 1230. The van der Waals surface area contributed by atoms with E-state index in [1.165, 1.54) is 38.6 Å². The summed E-state index contributed by atoms with van der Waals surface area (Å²) in [7, 11) is 0. The largest absolute Gasteiger partial charge is 0.309 e. The van der Waals surface area contributed by atoms with Crippen molar-refractivity contribution in [2.75, 3.05) is 0 Å². The van der Waals surface area contributed by atoms with Crippen LogP contribution in [0.2, 0.25) is 0 Å².